The zero-order valence-corrected chi connectivity index (χ0v) is 11.3. The van der Waals surface area contributed by atoms with E-state index in [1.807, 2.05) is 6.92 Å². The molecule has 7 nitrogen and oxygen atoms in total. The van der Waals surface area contributed by atoms with Crippen molar-refractivity contribution in [2.45, 2.75) is 25.8 Å². The van der Waals surface area contributed by atoms with E-state index in [0.29, 0.717) is 29.9 Å². The minimum absolute atomic E-state index is 0.192. The standard InChI is InChI=1S/C12H19N5O2/c1-3-9-11(17(18)19)12(15(2)14-9)16-5-4-8-6-13-7-10(8)16/h8,10,13H,3-7H2,1-2H3/t8-,10+/m0/s1. The second-order valence-electron chi connectivity index (χ2n) is 5.32. The molecule has 0 radical (unpaired) electrons. The molecule has 2 aliphatic heterocycles. The first-order chi connectivity index (χ1) is 9.13. The summed E-state index contributed by atoms with van der Waals surface area (Å²) in [4.78, 5) is 13.3. The van der Waals surface area contributed by atoms with Crippen LogP contribution >= 0.6 is 0 Å². The van der Waals surface area contributed by atoms with Gasteiger partial charge in [0.05, 0.1) is 4.92 Å². The Bertz CT molecular complexity index is 512. The van der Waals surface area contributed by atoms with Crippen molar-refractivity contribution in [3.05, 3.63) is 15.8 Å². The lowest BCUT2D eigenvalue weighted by Gasteiger charge is -2.24. The lowest BCUT2D eigenvalue weighted by atomic mass is 10.1. The Kier molecular flexibility index (Phi) is 2.93. The van der Waals surface area contributed by atoms with E-state index < -0.39 is 0 Å². The van der Waals surface area contributed by atoms with E-state index >= 15 is 0 Å². The Morgan fingerprint density at radius 3 is 3.00 bits per heavy atom. The highest BCUT2D eigenvalue weighted by Gasteiger charge is 2.42. The van der Waals surface area contributed by atoms with Crippen LogP contribution in [-0.4, -0.2) is 40.4 Å². The maximum absolute atomic E-state index is 11.4. The monoisotopic (exact) mass is 265 g/mol. The molecular formula is C12H19N5O2. The van der Waals surface area contributed by atoms with E-state index in [2.05, 4.69) is 15.3 Å². The Morgan fingerprint density at radius 1 is 1.53 bits per heavy atom. The molecule has 0 aromatic carbocycles. The highest BCUT2D eigenvalue weighted by molar-refractivity contribution is 5.63. The van der Waals surface area contributed by atoms with Gasteiger partial charge in [-0.15, -0.1) is 0 Å². The first-order valence-corrected chi connectivity index (χ1v) is 6.81. The lowest BCUT2D eigenvalue weighted by molar-refractivity contribution is -0.384. The highest BCUT2D eigenvalue weighted by Crippen LogP contribution is 2.38. The molecule has 0 amide bonds. The van der Waals surface area contributed by atoms with Crippen LogP contribution in [0.3, 0.4) is 0 Å². The molecule has 0 unspecified atom stereocenters. The molecule has 1 aromatic rings. The predicted octanol–water partition coefficient (Wildman–Crippen LogP) is 0.689. The van der Waals surface area contributed by atoms with Crippen molar-refractivity contribution in [2.75, 3.05) is 24.5 Å². The molecule has 104 valence electrons. The van der Waals surface area contributed by atoms with Crippen LogP contribution in [0, 0.1) is 16.0 Å². The van der Waals surface area contributed by atoms with Crippen molar-refractivity contribution >= 4 is 11.5 Å². The Labute approximate surface area is 111 Å². The summed E-state index contributed by atoms with van der Waals surface area (Å²) in [6.45, 7) is 4.73. The summed E-state index contributed by atoms with van der Waals surface area (Å²) in [5, 5.41) is 19.1. The smallest absolute Gasteiger partial charge is 0.334 e. The molecule has 2 fully saturated rings. The van der Waals surface area contributed by atoms with Crippen LogP contribution in [0.4, 0.5) is 11.5 Å². The molecule has 0 aliphatic carbocycles. The van der Waals surface area contributed by atoms with Gasteiger partial charge >= 0.3 is 5.69 Å². The molecule has 2 saturated heterocycles. The third-order valence-corrected chi connectivity index (χ3v) is 4.30. The van der Waals surface area contributed by atoms with E-state index in [1.54, 1.807) is 11.7 Å². The summed E-state index contributed by atoms with van der Waals surface area (Å²) in [5.74, 6) is 1.29. The van der Waals surface area contributed by atoms with Gasteiger partial charge in [0.2, 0.25) is 5.82 Å². The Hall–Kier alpha value is -1.63. The zero-order chi connectivity index (χ0) is 13.6. The van der Waals surface area contributed by atoms with Crippen LogP contribution in [0.25, 0.3) is 0 Å². The van der Waals surface area contributed by atoms with Gasteiger partial charge in [0.25, 0.3) is 0 Å². The number of hydrogen-bond donors (Lipinski definition) is 1. The van der Waals surface area contributed by atoms with Crippen molar-refractivity contribution in [2.24, 2.45) is 13.0 Å². The fourth-order valence-corrected chi connectivity index (χ4v) is 3.42. The second kappa shape index (κ2) is 4.48. The van der Waals surface area contributed by atoms with Crippen LogP contribution < -0.4 is 10.2 Å². The van der Waals surface area contributed by atoms with Crippen LogP contribution in [0.2, 0.25) is 0 Å². The number of rotatable bonds is 3. The van der Waals surface area contributed by atoms with Gasteiger partial charge in [-0.3, -0.25) is 10.1 Å². The lowest BCUT2D eigenvalue weighted by Crippen LogP contribution is -2.35. The van der Waals surface area contributed by atoms with Crippen molar-refractivity contribution in [1.29, 1.82) is 0 Å². The number of hydrogen-bond acceptors (Lipinski definition) is 5. The molecule has 3 heterocycles. The zero-order valence-electron chi connectivity index (χ0n) is 11.3. The fourth-order valence-electron chi connectivity index (χ4n) is 3.42. The topological polar surface area (TPSA) is 76.2 Å². The number of anilines is 1. The maximum Gasteiger partial charge on any atom is 0.334 e. The van der Waals surface area contributed by atoms with E-state index in [9.17, 15) is 10.1 Å². The van der Waals surface area contributed by atoms with E-state index in [0.717, 1.165) is 26.1 Å². The minimum atomic E-state index is -0.281. The number of aromatic nitrogens is 2. The van der Waals surface area contributed by atoms with Crippen LogP contribution in [0.15, 0.2) is 0 Å². The van der Waals surface area contributed by atoms with Gasteiger partial charge in [-0.1, -0.05) is 6.92 Å². The molecule has 2 aliphatic rings. The number of nitrogens with one attached hydrogen (secondary N) is 1. The number of fused-ring (bicyclic) bond motifs is 1. The molecule has 3 rings (SSSR count). The third kappa shape index (κ3) is 1.80. The van der Waals surface area contributed by atoms with Crippen LogP contribution in [0.5, 0.6) is 0 Å². The normalized spacial score (nSPS) is 25.9. The van der Waals surface area contributed by atoms with Gasteiger partial charge < -0.3 is 10.2 Å². The Morgan fingerprint density at radius 2 is 2.32 bits per heavy atom. The van der Waals surface area contributed by atoms with Crippen molar-refractivity contribution < 1.29 is 4.92 Å². The largest absolute Gasteiger partial charge is 0.346 e. The van der Waals surface area contributed by atoms with Crippen LogP contribution in [0.1, 0.15) is 19.0 Å². The van der Waals surface area contributed by atoms with Gasteiger partial charge in [0.1, 0.15) is 5.69 Å². The van der Waals surface area contributed by atoms with Gasteiger partial charge in [-0.05, 0) is 18.8 Å². The molecule has 2 atom stereocenters. The fraction of sp³-hybridized carbons (Fsp3) is 0.750. The predicted molar refractivity (Wildman–Crippen MR) is 71.4 cm³/mol. The summed E-state index contributed by atoms with van der Waals surface area (Å²) >= 11 is 0. The summed E-state index contributed by atoms with van der Waals surface area (Å²) in [6, 6.07) is 0.374. The first-order valence-electron chi connectivity index (χ1n) is 6.81. The van der Waals surface area contributed by atoms with E-state index in [4.69, 9.17) is 0 Å². The number of aryl methyl sites for hydroxylation is 2. The molecule has 1 aromatic heterocycles. The van der Waals surface area contributed by atoms with Crippen molar-refractivity contribution in [3.8, 4) is 0 Å². The Balaban J connectivity index is 2.04. The third-order valence-electron chi connectivity index (χ3n) is 4.30. The summed E-state index contributed by atoms with van der Waals surface area (Å²) < 4.78 is 1.68. The van der Waals surface area contributed by atoms with Crippen molar-refractivity contribution in [1.82, 2.24) is 15.1 Å². The van der Waals surface area contributed by atoms with Gasteiger partial charge in [0.15, 0.2) is 0 Å². The summed E-state index contributed by atoms with van der Waals surface area (Å²) in [5.41, 5.74) is 0.773. The quantitative estimate of drug-likeness (QED) is 0.642. The maximum atomic E-state index is 11.4. The average Bonchev–Trinajstić information content (AvgIpc) is 3.01. The summed E-state index contributed by atoms with van der Waals surface area (Å²) in [7, 11) is 1.80. The molecule has 0 spiro atoms. The first kappa shape index (κ1) is 12.4. The van der Waals surface area contributed by atoms with E-state index in [1.165, 1.54) is 0 Å². The molecule has 7 heteroatoms. The van der Waals surface area contributed by atoms with Gasteiger partial charge in [-0.25, -0.2) is 4.68 Å². The summed E-state index contributed by atoms with van der Waals surface area (Å²) in [6.07, 6.45) is 1.69. The van der Waals surface area contributed by atoms with Gasteiger partial charge in [-0.2, -0.15) is 5.10 Å². The van der Waals surface area contributed by atoms with Crippen LogP contribution in [-0.2, 0) is 13.5 Å². The molecular weight excluding hydrogens is 246 g/mol. The number of nitro groups is 1. The highest BCUT2D eigenvalue weighted by atomic mass is 16.6. The molecule has 0 saturated carbocycles. The SMILES string of the molecule is CCc1nn(C)c(N2CC[C@H]3CNC[C@H]32)c1[N+](=O)[O-]. The minimum Gasteiger partial charge on any atom is -0.346 e. The van der Waals surface area contributed by atoms with E-state index in [-0.39, 0.29) is 10.6 Å². The van der Waals surface area contributed by atoms with Crippen molar-refractivity contribution in [3.63, 3.8) is 0 Å². The molecule has 0 bridgehead atoms. The number of nitrogens with zero attached hydrogens (tertiary/aromatic N) is 4. The molecule has 1 N–H and O–H groups in total. The molecule has 19 heavy (non-hydrogen) atoms. The second-order valence-corrected chi connectivity index (χ2v) is 5.32. The average molecular weight is 265 g/mol. The van der Waals surface area contributed by atoms with Gasteiger partial charge in [0, 0.05) is 32.7 Å².